The predicted molar refractivity (Wildman–Crippen MR) is 64.7 cm³/mol. The molecular formula is C12H12N2S. The molecule has 1 aromatic carbocycles. The van der Waals surface area contributed by atoms with Crippen LogP contribution in [0.25, 0.3) is 11.3 Å². The van der Waals surface area contributed by atoms with Gasteiger partial charge in [-0.3, -0.25) is 0 Å². The van der Waals surface area contributed by atoms with E-state index in [1.165, 1.54) is 11.1 Å². The van der Waals surface area contributed by atoms with Gasteiger partial charge in [0.2, 0.25) is 0 Å². The van der Waals surface area contributed by atoms with Crippen molar-refractivity contribution in [3.05, 3.63) is 48.4 Å². The smallest absolute Gasteiger partial charge is 0.116 e. The molecule has 1 heterocycles. The number of rotatable bonds is 3. The zero-order valence-corrected chi connectivity index (χ0v) is 9.37. The lowest BCUT2D eigenvalue weighted by atomic mass is 10.1. The average Bonchev–Trinajstić information content (AvgIpc) is 2.31. The molecule has 0 radical (unpaired) electrons. The molecule has 0 saturated carbocycles. The quantitative estimate of drug-likeness (QED) is 0.788. The van der Waals surface area contributed by atoms with E-state index >= 15 is 0 Å². The molecule has 15 heavy (non-hydrogen) atoms. The van der Waals surface area contributed by atoms with Crippen molar-refractivity contribution in [2.45, 2.75) is 5.75 Å². The van der Waals surface area contributed by atoms with Gasteiger partial charge in [0, 0.05) is 17.5 Å². The predicted octanol–water partition coefficient (Wildman–Crippen LogP) is 3.01. The first kappa shape index (κ1) is 10.2. The number of nitrogens with zero attached hydrogens (tertiary/aromatic N) is 2. The largest absolute Gasteiger partial charge is 0.245 e. The molecule has 1 aromatic heterocycles. The summed E-state index contributed by atoms with van der Waals surface area (Å²) in [5.41, 5.74) is 3.52. The van der Waals surface area contributed by atoms with Gasteiger partial charge >= 0.3 is 0 Å². The van der Waals surface area contributed by atoms with Gasteiger partial charge in [-0.1, -0.05) is 24.3 Å². The van der Waals surface area contributed by atoms with Crippen molar-refractivity contribution in [3.8, 4) is 11.3 Å². The van der Waals surface area contributed by atoms with Crippen LogP contribution < -0.4 is 0 Å². The molecule has 0 aliphatic carbocycles. The van der Waals surface area contributed by atoms with Gasteiger partial charge in [0.05, 0.1) is 5.69 Å². The summed E-state index contributed by atoms with van der Waals surface area (Å²) in [7, 11) is 0. The van der Waals surface area contributed by atoms with Crippen molar-refractivity contribution in [3.63, 3.8) is 0 Å². The summed E-state index contributed by atoms with van der Waals surface area (Å²) in [6.07, 6.45) is 5.47. The molecule has 76 valence electrons. The first-order valence-electron chi connectivity index (χ1n) is 4.75. The topological polar surface area (TPSA) is 25.8 Å². The second-order valence-corrected chi connectivity index (χ2v) is 4.05. The highest BCUT2D eigenvalue weighted by atomic mass is 32.2. The monoisotopic (exact) mass is 216 g/mol. The van der Waals surface area contributed by atoms with Crippen LogP contribution in [0.2, 0.25) is 0 Å². The SMILES string of the molecule is CSCc1ccccc1-c1ccncn1. The van der Waals surface area contributed by atoms with E-state index in [0.717, 1.165) is 11.4 Å². The lowest BCUT2D eigenvalue weighted by Crippen LogP contribution is -1.89. The molecule has 2 nitrogen and oxygen atoms in total. The van der Waals surface area contributed by atoms with Crippen LogP contribution in [0.4, 0.5) is 0 Å². The first-order valence-corrected chi connectivity index (χ1v) is 6.14. The van der Waals surface area contributed by atoms with Gasteiger partial charge in [-0.05, 0) is 17.9 Å². The van der Waals surface area contributed by atoms with Crippen molar-refractivity contribution in [2.24, 2.45) is 0 Å². The van der Waals surface area contributed by atoms with Crippen LogP contribution >= 0.6 is 11.8 Å². The van der Waals surface area contributed by atoms with Gasteiger partial charge in [0.1, 0.15) is 6.33 Å². The maximum absolute atomic E-state index is 4.27. The second-order valence-electron chi connectivity index (χ2n) is 3.18. The average molecular weight is 216 g/mol. The van der Waals surface area contributed by atoms with Crippen molar-refractivity contribution in [1.82, 2.24) is 9.97 Å². The molecule has 0 N–H and O–H groups in total. The van der Waals surface area contributed by atoms with Crippen LogP contribution in [-0.2, 0) is 5.75 Å². The zero-order valence-electron chi connectivity index (χ0n) is 8.55. The van der Waals surface area contributed by atoms with E-state index in [-0.39, 0.29) is 0 Å². The minimum absolute atomic E-state index is 0.995. The number of benzene rings is 1. The molecule has 0 bridgehead atoms. The van der Waals surface area contributed by atoms with Crippen molar-refractivity contribution in [2.75, 3.05) is 6.26 Å². The summed E-state index contributed by atoms with van der Waals surface area (Å²) in [5, 5.41) is 0. The lowest BCUT2D eigenvalue weighted by Gasteiger charge is -2.06. The molecule has 0 aliphatic heterocycles. The summed E-state index contributed by atoms with van der Waals surface area (Å²) >= 11 is 1.82. The van der Waals surface area contributed by atoms with Crippen LogP contribution in [0, 0.1) is 0 Å². The fourth-order valence-electron chi connectivity index (χ4n) is 1.50. The molecular weight excluding hydrogens is 204 g/mol. The van der Waals surface area contributed by atoms with Crippen molar-refractivity contribution >= 4 is 11.8 Å². The Hall–Kier alpha value is -1.35. The Morgan fingerprint density at radius 1 is 1.20 bits per heavy atom. The molecule has 0 atom stereocenters. The summed E-state index contributed by atoms with van der Waals surface area (Å²) in [6.45, 7) is 0. The van der Waals surface area contributed by atoms with Gasteiger partial charge in [-0.25, -0.2) is 9.97 Å². The van der Waals surface area contributed by atoms with Crippen LogP contribution in [0.3, 0.4) is 0 Å². The summed E-state index contributed by atoms with van der Waals surface area (Å²) in [5.74, 6) is 1.01. The van der Waals surface area contributed by atoms with E-state index in [0.29, 0.717) is 0 Å². The van der Waals surface area contributed by atoms with E-state index in [9.17, 15) is 0 Å². The van der Waals surface area contributed by atoms with Crippen LogP contribution in [0.15, 0.2) is 42.9 Å². The number of hydrogen-bond donors (Lipinski definition) is 0. The Balaban J connectivity index is 2.43. The van der Waals surface area contributed by atoms with Gasteiger partial charge in [0.25, 0.3) is 0 Å². The molecule has 0 saturated heterocycles. The fourth-order valence-corrected chi connectivity index (χ4v) is 2.06. The number of thioether (sulfide) groups is 1. The zero-order chi connectivity index (χ0) is 10.5. The summed E-state index contributed by atoms with van der Waals surface area (Å²) in [6, 6.07) is 10.3. The second kappa shape index (κ2) is 4.94. The maximum Gasteiger partial charge on any atom is 0.116 e. The Kier molecular flexibility index (Phi) is 3.35. The lowest BCUT2D eigenvalue weighted by molar-refractivity contribution is 1.17. The van der Waals surface area contributed by atoms with Crippen molar-refractivity contribution < 1.29 is 0 Å². The fraction of sp³-hybridized carbons (Fsp3) is 0.167. The summed E-state index contributed by atoms with van der Waals surface area (Å²) in [4.78, 5) is 8.20. The first-order chi connectivity index (χ1) is 7.42. The molecule has 0 unspecified atom stereocenters. The number of aromatic nitrogens is 2. The van der Waals surface area contributed by atoms with E-state index in [1.807, 2.05) is 23.9 Å². The van der Waals surface area contributed by atoms with E-state index in [4.69, 9.17) is 0 Å². The standard InChI is InChI=1S/C12H12N2S/c1-15-8-10-4-2-3-5-11(10)12-6-7-13-9-14-12/h2-7,9H,8H2,1H3. The Labute approximate surface area is 93.8 Å². The summed E-state index contributed by atoms with van der Waals surface area (Å²) < 4.78 is 0. The van der Waals surface area contributed by atoms with Crippen LogP contribution in [0.1, 0.15) is 5.56 Å². The highest BCUT2D eigenvalue weighted by molar-refractivity contribution is 7.97. The highest BCUT2D eigenvalue weighted by Crippen LogP contribution is 2.23. The van der Waals surface area contributed by atoms with E-state index < -0.39 is 0 Å². The van der Waals surface area contributed by atoms with Gasteiger partial charge in [-0.15, -0.1) is 0 Å². The normalized spacial score (nSPS) is 10.2. The van der Waals surface area contributed by atoms with Gasteiger partial charge < -0.3 is 0 Å². The minimum atomic E-state index is 0.995. The molecule has 0 amide bonds. The Bertz CT molecular complexity index is 429. The molecule has 3 heteroatoms. The highest BCUT2D eigenvalue weighted by Gasteiger charge is 2.03. The third-order valence-electron chi connectivity index (χ3n) is 2.18. The maximum atomic E-state index is 4.27. The minimum Gasteiger partial charge on any atom is -0.245 e. The number of hydrogen-bond acceptors (Lipinski definition) is 3. The van der Waals surface area contributed by atoms with Gasteiger partial charge in [-0.2, -0.15) is 11.8 Å². The molecule has 0 spiro atoms. The molecule has 0 aliphatic rings. The van der Waals surface area contributed by atoms with Crippen LogP contribution in [0.5, 0.6) is 0 Å². The van der Waals surface area contributed by atoms with Gasteiger partial charge in [0.15, 0.2) is 0 Å². The Morgan fingerprint density at radius 3 is 2.80 bits per heavy atom. The third kappa shape index (κ3) is 2.36. The Morgan fingerprint density at radius 2 is 2.07 bits per heavy atom. The molecule has 2 rings (SSSR count). The van der Waals surface area contributed by atoms with Crippen molar-refractivity contribution in [1.29, 1.82) is 0 Å². The van der Waals surface area contributed by atoms with E-state index in [1.54, 1.807) is 12.5 Å². The van der Waals surface area contributed by atoms with E-state index in [2.05, 4.69) is 34.4 Å². The molecule has 2 aromatic rings. The van der Waals surface area contributed by atoms with Crippen LogP contribution in [-0.4, -0.2) is 16.2 Å². The molecule has 0 fully saturated rings. The third-order valence-corrected chi connectivity index (χ3v) is 2.77.